The Balaban J connectivity index is 1.93. The lowest BCUT2D eigenvalue weighted by atomic mass is 10.2. The van der Waals surface area contributed by atoms with Gasteiger partial charge in [0, 0.05) is 30.8 Å². The van der Waals surface area contributed by atoms with Gasteiger partial charge in [-0.25, -0.2) is 8.42 Å². The van der Waals surface area contributed by atoms with E-state index in [0.29, 0.717) is 29.4 Å². The average molecular weight is 411 g/mol. The standard InChI is InChI=1S/C19H23ClN2O4S/c1-26-14-15-5-3-6-17(13-15)21-19(23)7-4-12-22(27(2,24)25)18-10-8-16(20)9-11-18/h3,5-6,8-11,13H,4,7,12,14H2,1-2H3,(H,21,23). The zero-order valence-corrected chi connectivity index (χ0v) is 16.9. The van der Waals surface area contributed by atoms with Crippen LogP contribution in [0.4, 0.5) is 11.4 Å². The number of hydrogen-bond donors (Lipinski definition) is 1. The van der Waals surface area contributed by atoms with Gasteiger partial charge in [0.2, 0.25) is 15.9 Å². The van der Waals surface area contributed by atoms with Gasteiger partial charge in [0.15, 0.2) is 0 Å². The molecule has 27 heavy (non-hydrogen) atoms. The molecule has 2 rings (SSSR count). The fourth-order valence-corrected chi connectivity index (χ4v) is 3.70. The number of carbonyl (C=O) groups excluding carboxylic acids is 1. The van der Waals surface area contributed by atoms with Crippen molar-refractivity contribution in [3.05, 3.63) is 59.1 Å². The van der Waals surface area contributed by atoms with Gasteiger partial charge in [-0.1, -0.05) is 23.7 Å². The third kappa shape index (κ3) is 6.86. The molecule has 0 atom stereocenters. The Labute approximate surface area is 165 Å². The first-order chi connectivity index (χ1) is 12.8. The molecule has 1 amide bonds. The molecule has 0 fully saturated rings. The fourth-order valence-electron chi connectivity index (χ4n) is 2.61. The molecule has 0 aromatic heterocycles. The van der Waals surface area contributed by atoms with Crippen LogP contribution in [0.15, 0.2) is 48.5 Å². The van der Waals surface area contributed by atoms with E-state index in [1.807, 2.05) is 18.2 Å². The second kappa shape index (κ2) is 9.73. The van der Waals surface area contributed by atoms with E-state index >= 15 is 0 Å². The lowest BCUT2D eigenvalue weighted by Gasteiger charge is -2.22. The number of ether oxygens (including phenoxy) is 1. The molecule has 6 nitrogen and oxygen atoms in total. The summed E-state index contributed by atoms with van der Waals surface area (Å²) in [5.74, 6) is -0.172. The van der Waals surface area contributed by atoms with E-state index in [2.05, 4.69) is 5.32 Å². The van der Waals surface area contributed by atoms with Crippen LogP contribution in [0.5, 0.6) is 0 Å². The summed E-state index contributed by atoms with van der Waals surface area (Å²) < 4.78 is 30.5. The molecule has 0 aliphatic carbocycles. The second-order valence-electron chi connectivity index (χ2n) is 6.10. The summed E-state index contributed by atoms with van der Waals surface area (Å²) in [5.41, 5.74) is 2.17. The van der Waals surface area contributed by atoms with Gasteiger partial charge >= 0.3 is 0 Å². The van der Waals surface area contributed by atoms with Gasteiger partial charge in [-0.15, -0.1) is 0 Å². The number of halogens is 1. The van der Waals surface area contributed by atoms with Crippen LogP contribution in [-0.4, -0.2) is 34.2 Å². The minimum Gasteiger partial charge on any atom is -0.380 e. The van der Waals surface area contributed by atoms with Crippen LogP contribution in [0.25, 0.3) is 0 Å². The number of amides is 1. The highest BCUT2D eigenvalue weighted by atomic mass is 35.5. The van der Waals surface area contributed by atoms with Crippen LogP contribution in [0.2, 0.25) is 5.02 Å². The highest BCUT2D eigenvalue weighted by molar-refractivity contribution is 7.92. The molecule has 0 radical (unpaired) electrons. The third-order valence-corrected chi connectivity index (χ3v) is 5.25. The van der Waals surface area contributed by atoms with Gasteiger partial charge in [-0.05, 0) is 48.4 Å². The van der Waals surface area contributed by atoms with Crippen LogP contribution in [-0.2, 0) is 26.2 Å². The van der Waals surface area contributed by atoms with Crippen molar-refractivity contribution in [1.82, 2.24) is 0 Å². The average Bonchev–Trinajstić information content (AvgIpc) is 2.59. The number of carbonyl (C=O) groups is 1. The molecule has 0 aliphatic rings. The number of nitrogens with one attached hydrogen (secondary N) is 1. The topological polar surface area (TPSA) is 75.7 Å². The van der Waals surface area contributed by atoms with E-state index in [4.69, 9.17) is 16.3 Å². The zero-order chi connectivity index (χ0) is 19.9. The molecule has 2 aromatic carbocycles. The smallest absolute Gasteiger partial charge is 0.232 e. The Morgan fingerprint density at radius 1 is 1.19 bits per heavy atom. The Hall–Kier alpha value is -2.09. The summed E-state index contributed by atoms with van der Waals surface area (Å²) >= 11 is 5.86. The van der Waals surface area contributed by atoms with Crippen molar-refractivity contribution in [1.29, 1.82) is 0 Å². The molecule has 0 unspecified atom stereocenters. The maximum Gasteiger partial charge on any atom is 0.232 e. The summed E-state index contributed by atoms with van der Waals surface area (Å²) in [4.78, 5) is 12.2. The summed E-state index contributed by atoms with van der Waals surface area (Å²) in [6.45, 7) is 0.672. The van der Waals surface area contributed by atoms with Crippen LogP contribution in [0.1, 0.15) is 18.4 Å². The molecular formula is C19H23ClN2O4S. The highest BCUT2D eigenvalue weighted by Crippen LogP contribution is 2.21. The van der Waals surface area contributed by atoms with Crippen molar-refractivity contribution in [2.75, 3.05) is 29.5 Å². The Morgan fingerprint density at radius 3 is 2.52 bits per heavy atom. The van der Waals surface area contributed by atoms with Gasteiger partial charge in [-0.3, -0.25) is 9.10 Å². The molecular weight excluding hydrogens is 388 g/mol. The highest BCUT2D eigenvalue weighted by Gasteiger charge is 2.17. The molecule has 0 heterocycles. The first kappa shape index (κ1) is 21.2. The quantitative estimate of drug-likeness (QED) is 0.684. The molecule has 0 aliphatic heterocycles. The predicted octanol–water partition coefficient (Wildman–Crippen LogP) is 3.67. The lowest BCUT2D eigenvalue weighted by Crippen LogP contribution is -2.31. The minimum atomic E-state index is -3.45. The molecule has 146 valence electrons. The maximum absolute atomic E-state index is 12.2. The molecule has 0 saturated carbocycles. The third-order valence-electron chi connectivity index (χ3n) is 3.80. The largest absolute Gasteiger partial charge is 0.380 e. The summed E-state index contributed by atoms with van der Waals surface area (Å²) in [7, 11) is -1.84. The van der Waals surface area contributed by atoms with Gasteiger partial charge < -0.3 is 10.1 Å². The van der Waals surface area contributed by atoms with Gasteiger partial charge in [0.1, 0.15) is 0 Å². The fraction of sp³-hybridized carbons (Fsp3) is 0.316. The number of benzene rings is 2. The first-order valence-corrected chi connectivity index (χ1v) is 10.6. The summed E-state index contributed by atoms with van der Waals surface area (Å²) in [6.07, 6.45) is 1.73. The van der Waals surface area contributed by atoms with Gasteiger partial charge in [-0.2, -0.15) is 0 Å². The van der Waals surface area contributed by atoms with E-state index in [1.165, 1.54) is 4.31 Å². The van der Waals surface area contributed by atoms with Gasteiger partial charge in [0.05, 0.1) is 18.6 Å². The van der Waals surface area contributed by atoms with E-state index in [9.17, 15) is 13.2 Å². The predicted molar refractivity (Wildman–Crippen MR) is 109 cm³/mol. The monoisotopic (exact) mass is 410 g/mol. The van der Waals surface area contributed by atoms with E-state index < -0.39 is 10.0 Å². The van der Waals surface area contributed by atoms with Crippen molar-refractivity contribution in [3.8, 4) is 0 Å². The molecule has 2 aromatic rings. The first-order valence-electron chi connectivity index (χ1n) is 8.40. The van der Waals surface area contributed by atoms with Crippen molar-refractivity contribution in [2.45, 2.75) is 19.4 Å². The number of nitrogens with zero attached hydrogens (tertiary/aromatic N) is 1. The molecule has 0 spiro atoms. The number of methoxy groups -OCH3 is 1. The summed E-state index contributed by atoms with van der Waals surface area (Å²) in [5, 5.41) is 3.35. The van der Waals surface area contributed by atoms with E-state index in [-0.39, 0.29) is 18.9 Å². The van der Waals surface area contributed by atoms with Crippen LogP contribution >= 0.6 is 11.6 Å². The maximum atomic E-state index is 12.2. The second-order valence-corrected chi connectivity index (χ2v) is 8.44. The van der Waals surface area contributed by atoms with Gasteiger partial charge in [0.25, 0.3) is 0 Å². The zero-order valence-electron chi connectivity index (χ0n) is 15.3. The molecule has 8 heteroatoms. The normalized spacial score (nSPS) is 11.2. The van der Waals surface area contributed by atoms with Crippen molar-refractivity contribution < 1.29 is 17.9 Å². The Morgan fingerprint density at radius 2 is 1.89 bits per heavy atom. The summed E-state index contributed by atoms with van der Waals surface area (Å²) in [6, 6.07) is 14.0. The molecule has 0 bridgehead atoms. The van der Waals surface area contributed by atoms with E-state index in [1.54, 1.807) is 37.4 Å². The minimum absolute atomic E-state index is 0.172. The van der Waals surface area contributed by atoms with Crippen LogP contribution in [0, 0.1) is 0 Å². The van der Waals surface area contributed by atoms with Crippen molar-refractivity contribution >= 4 is 38.9 Å². The number of hydrogen-bond acceptors (Lipinski definition) is 4. The number of rotatable bonds is 9. The molecule has 1 N–H and O–H groups in total. The van der Waals surface area contributed by atoms with Crippen molar-refractivity contribution in [2.24, 2.45) is 0 Å². The molecule has 0 saturated heterocycles. The van der Waals surface area contributed by atoms with Crippen LogP contribution in [0.3, 0.4) is 0 Å². The number of sulfonamides is 1. The lowest BCUT2D eigenvalue weighted by molar-refractivity contribution is -0.116. The van der Waals surface area contributed by atoms with E-state index in [0.717, 1.165) is 11.8 Å². The van der Waals surface area contributed by atoms with Crippen LogP contribution < -0.4 is 9.62 Å². The van der Waals surface area contributed by atoms with Crippen molar-refractivity contribution in [3.63, 3.8) is 0 Å². The SMILES string of the molecule is COCc1cccc(NC(=O)CCCN(c2ccc(Cl)cc2)S(C)(=O)=O)c1. The Kier molecular flexibility index (Phi) is 7.65. The number of anilines is 2. The Bertz CT molecular complexity index is 870.